The van der Waals surface area contributed by atoms with E-state index in [0.29, 0.717) is 11.0 Å². The van der Waals surface area contributed by atoms with Crippen LogP contribution in [-0.2, 0) is 0 Å². The second-order valence-corrected chi connectivity index (χ2v) is 7.42. The standard InChI is InChI=1S/C15H23N3S2/c1-4-20-12-6-5-11(8-12)18-15-13(14(16)19)9(2)7-10(3)17-15/h7,11-12H,4-6,8H2,1-3H3,(H2,16,19)(H,17,18). The highest BCUT2D eigenvalue weighted by Crippen LogP contribution is 2.32. The zero-order valence-corrected chi connectivity index (χ0v) is 14.0. The van der Waals surface area contributed by atoms with Crippen LogP contribution in [0, 0.1) is 13.8 Å². The van der Waals surface area contributed by atoms with Crippen molar-refractivity contribution in [1.29, 1.82) is 0 Å². The average Bonchev–Trinajstić information content (AvgIpc) is 2.75. The highest BCUT2D eigenvalue weighted by molar-refractivity contribution is 7.99. The predicted molar refractivity (Wildman–Crippen MR) is 92.8 cm³/mol. The summed E-state index contributed by atoms with van der Waals surface area (Å²) in [7, 11) is 0. The summed E-state index contributed by atoms with van der Waals surface area (Å²) in [4.78, 5) is 5.03. The van der Waals surface area contributed by atoms with Crippen molar-refractivity contribution in [3.05, 3.63) is 22.9 Å². The first-order valence-corrected chi connectivity index (χ1v) is 8.63. The van der Waals surface area contributed by atoms with Crippen LogP contribution in [0.1, 0.15) is 43.0 Å². The lowest BCUT2D eigenvalue weighted by Gasteiger charge is -2.18. The van der Waals surface area contributed by atoms with E-state index in [1.54, 1.807) is 0 Å². The maximum Gasteiger partial charge on any atom is 0.136 e. The van der Waals surface area contributed by atoms with Crippen LogP contribution in [0.25, 0.3) is 0 Å². The molecule has 0 aliphatic heterocycles. The molecular formula is C15H23N3S2. The molecule has 0 bridgehead atoms. The number of thioether (sulfide) groups is 1. The first-order chi connectivity index (χ1) is 9.51. The number of nitrogens with two attached hydrogens (primary N) is 1. The summed E-state index contributed by atoms with van der Waals surface area (Å²) in [5.41, 5.74) is 8.87. The Morgan fingerprint density at radius 1 is 1.50 bits per heavy atom. The van der Waals surface area contributed by atoms with E-state index in [0.717, 1.165) is 27.9 Å². The smallest absolute Gasteiger partial charge is 0.136 e. The Kier molecular flexibility index (Phi) is 5.27. The Bertz CT molecular complexity index is 502. The first-order valence-electron chi connectivity index (χ1n) is 7.17. The zero-order chi connectivity index (χ0) is 14.7. The quantitative estimate of drug-likeness (QED) is 0.816. The van der Waals surface area contributed by atoms with E-state index in [9.17, 15) is 0 Å². The summed E-state index contributed by atoms with van der Waals surface area (Å²) in [6.07, 6.45) is 3.68. The molecule has 2 rings (SSSR count). The van der Waals surface area contributed by atoms with Gasteiger partial charge in [0.25, 0.3) is 0 Å². The SMILES string of the molecule is CCSC1CCC(Nc2nc(C)cc(C)c2C(N)=S)C1. The Labute approximate surface area is 131 Å². The van der Waals surface area contributed by atoms with Gasteiger partial charge in [-0.25, -0.2) is 4.98 Å². The Hall–Kier alpha value is -0.810. The number of nitrogens with zero attached hydrogens (tertiary/aromatic N) is 1. The van der Waals surface area contributed by atoms with Crippen LogP contribution in [-0.4, -0.2) is 27.0 Å². The molecular weight excluding hydrogens is 286 g/mol. The molecule has 1 fully saturated rings. The number of nitrogens with one attached hydrogen (secondary N) is 1. The number of aromatic nitrogens is 1. The zero-order valence-electron chi connectivity index (χ0n) is 12.4. The highest BCUT2D eigenvalue weighted by Gasteiger charge is 2.25. The fourth-order valence-corrected chi connectivity index (χ4v) is 4.30. The van der Waals surface area contributed by atoms with Gasteiger partial charge in [0.2, 0.25) is 0 Å². The number of aryl methyl sites for hydroxylation is 2. The van der Waals surface area contributed by atoms with E-state index in [1.165, 1.54) is 25.0 Å². The van der Waals surface area contributed by atoms with E-state index in [2.05, 4.69) is 29.0 Å². The second-order valence-electron chi connectivity index (χ2n) is 5.40. The van der Waals surface area contributed by atoms with E-state index in [-0.39, 0.29) is 0 Å². The Morgan fingerprint density at radius 2 is 2.25 bits per heavy atom. The van der Waals surface area contributed by atoms with E-state index < -0.39 is 0 Å². The minimum atomic E-state index is 0.426. The van der Waals surface area contributed by atoms with Crippen molar-refractivity contribution in [2.75, 3.05) is 11.1 Å². The lowest BCUT2D eigenvalue weighted by Crippen LogP contribution is -2.22. The van der Waals surface area contributed by atoms with Gasteiger partial charge in [0.05, 0.1) is 5.56 Å². The molecule has 20 heavy (non-hydrogen) atoms. The normalized spacial score (nSPS) is 21.9. The third-order valence-electron chi connectivity index (χ3n) is 3.72. The predicted octanol–water partition coefficient (Wildman–Crippen LogP) is 3.42. The molecule has 5 heteroatoms. The third kappa shape index (κ3) is 3.64. The van der Waals surface area contributed by atoms with Crippen LogP contribution in [0.15, 0.2) is 6.07 Å². The first kappa shape index (κ1) is 15.6. The fourth-order valence-electron chi connectivity index (χ4n) is 2.90. The maximum absolute atomic E-state index is 5.86. The van der Waals surface area contributed by atoms with Crippen LogP contribution < -0.4 is 11.1 Å². The summed E-state index contributed by atoms with van der Waals surface area (Å²) >= 11 is 7.24. The van der Waals surface area contributed by atoms with Crippen molar-refractivity contribution in [2.24, 2.45) is 5.73 Å². The van der Waals surface area contributed by atoms with Gasteiger partial charge < -0.3 is 11.1 Å². The van der Waals surface area contributed by atoms with Crippen molar-refractivity contribution < 1.29 is 0 Å². The molecule has 2 unspecified atom stereocenters. The number of anilines is 1. The van der Waals surface area contributed by atoms with Crippen molar-refractivity contribution in [3.63, 3.8) is 0 Å². The minimum absolute atomic E-state index is 0.426. The van der Waals surface area contributed by atoms with Gasteiger partial charge in [-0.2, -0.15) is 11.8 Å². The molecule has 110 valence electrons. The number of thiocarbonyl (C=S) groups is 1. The molecule has 3 N–H and O–H groups in total. The number of pyridine rings is 1. The molecule has 2 atom stereocenters. The van der Waals surface area contributed by atoms with E-state index in [1.807, 2.05) is 19.9 Å². The van der Waals surface area contributed by atoms with E-state index in [4.69, 9.17) is 18.0 Å². The van der Waals surface area contributed by atoms with Crippen LogP contribution in [0.4, 0.5) is 5.82 Å². The molecule has 0 saturated heterocycles. The van der Waals surface area contributed by atoms with Gasteiger partial charge in [-0.15, -0.1) is 0 Å². The maximum atomic E-state index is 5.86. The van der Waals surface area contributed by atoms with Gasteiger partial charge in [-0.1, -0.05) is 19.1 Å². The highest BCUT2D eigenvalue weighted by atomic mass is 32.2. The lowest BCUT2D eigenvalue weighted by molar-refractivity contribution is 0.750. The fraction of sp³-hybridized carbons (Fsp3) is 0.600. The van der Waals surface area contributed by atoms with E-state index >= 15 is 0 Å². The molecule has 1 aromatic rings. The van der Waals surface area contributed by atoms with Crippen LogP contribution in [0.5, 0.6) is 0 Å². The molecule has 3 nitrogen and oxygen atoms in total. The summed E-state index contributed by atoms with van der Waals surface area (Å²) in [6, 6.07) is 2.52. The third-order valence-corrected chi connectivity index (χ3v) is 5.16. The molecule has 0 spiro atoms. The van der Waals surface area contributed by atoms with Gasteiger partial charge in [0, 0.05) is 17.0 Å². The molecule has 1 heterocycles. The summed E-state index contributed by atoms with van der Waals surface area (Å²) in [5, 5.41) is 4.34. The summed E-state index contributed by atoms with van der Waals surface area (Å²) in [5.74, 6) is 2.05. The summed E-state index contributed by atoms with van der Waals surface area (Å²) < 4.78 is 0. The average molecular weight is 310 g/mol. The van der Waals surface area contributed by atoms with Gasteiger partial charge in [0.1, 0.15) is 10.8 Å². The molecule has 1 saturated carbocycles. The van der Waals surface area contributed by atoms with Crippen LogP contribution in [0.2, 0.25) is 0 Å². The van der Waals surface area contributed by atoms with Crippen molar-refractivity contribution in [3.8, 4) is 0 Å². The number of rotatable bonds is 5. The monoisotopic (exact) mass is 309 g/mol. The molecule has 1 aliphatic carbocycles. The largest absolute Gasteiger partial charge is 0.389 e. The molecule has 0 aromatic carbocycles. The molecule has 1 aromatic heterocycles. The number of hydrogen-bond acceptors (Lipinski definition) is 4. The van der Waals surface area contributed by atoms with Gasteiger partial charge in [0.15, 0.2) is 0 Å². The van der Waals surface area contributed by atoms with Crippen LogP contribution in [0.3, 0.4) is 0 Å². The van der Waals surface area contributed by atoms with Crippen molar-refractivity contribution in [1.82, 2.24) is 4.98 Å². The molecule has 0 amide bonds. The van der Waals surface area contributed by atoms with Crippen molar-refractivity contribution >= 4 is 34.8 Å². The topological polar surface area (TPSA) is 50.9 Å². The molecule has 0 radical (unpaired) electrons. The Morgan fingerprint density at radius 3 is 2.90 bits per heavy atom. The summed E-state index contributed by atoms with van der Waals surface area (Å²) in [6.45, 7) is 6.27. The minimum Gasteiger partial charge on any atom is -0.389 e. The molecule has 1 aliphatic rings. The van der Waals surface area contributed by atoms with Gasteiger partial charge in [-0.3, -0.25) is 0 Å². The lowest BCUT2D eigenvalue weighted by atomic mass is 10.1. The van der Waals surface area contributed by atoms with Crippen LogP contribution >= 0.6 is 24.0 Å². The number of hydrogen-bond donors (Lipinski definition) is 2. The Balaban J connectivity index is 2.15. The van der Waals surface area contributed by atoms with Gasteiger partial charge in [-0.05, 0) is 50.5 Å². The van der Waals surface area contributed by atoms with Gasteiger partial charge >= 0.3 is 0 Å². The van der Waals surface area contributed by atoms with Crippen molar-refractivity contribution in [2.45, 2.75) is 51.3 Å². The second kappa shape index (κ2) is 6.76.